The van der Waals surface area contributed by atoms with Crippen LogP contribution >= 0.6 is 34.9 Å². The number of rotatable bonds is 13. The largest absolute Gasteiger partial charge is 0.477 e. The predicted molar refractivity (Wildman–Crippen MR) is 138 cm³/mol. The van der Waals surface area contributed by atoms with Crippen molar-refractivity contribution in [2.45, 2.75) is 48.0 Å². The van der Waals surface area contributed by atoms with Crippen LogP contribution in [-0.2, 0) is 30.8 Å². The number of β-lactam (4-membered cyclic amide) rings is 1. The van der Waals surface area contributed by atoms with Crippen molar-refractivity contribution in [3.05, 3.63) is 33.7 Å². The highest BCUT2D eigenvalue weighted by Crippen LogP contribution is 2.44. The molecule has 200 valence electrons. The number of aromatic nitrogens is 4. The summed E-state index contributed by atoms with van der Waals surface area (Å²) in [4.78, 5) is 39.9. The number of aliphatic carboxylic acids is 1. The molecule has 4 N–H and O–H groups in total. The van der Waals surface area contributed by atoms with E-state index in [1.165, 1.54) is 28.0 Å². The SMILES string of the molecule is CCCNS(=O)(=O)CCC(Sc1nnn[nH]1)C1=C(C(=O)O)N2C(=O)C(NC(=O)Cc3cccs3)[C@@H]2SC1. The molecule has 2 amide bonds. The Morgan fingerprint density at radius 1 is 1.41 bits per heavy atom. The van der Waals surface area contributed by atoms with Crippen LogP contribution in [0, 0.1) is 0 Å². The Kier molecular flexibility index (Phi) is 8.89. The molecule has 0 spiro atoms. The Bertz CT molecular complexity index is 1270. The molecule has 1 fully saturated rings. The van der Waals surface area contributed by atoms with Crippen molar-refractivity contribution in [2.75, 3.05) is 18.1 Å². The van der Waals surface area contributed by atoms with Crippen molar-refractivity contribution in [2.24, 2.45) is 0 Å². The van der Waals surface area contributed by atoms with E-state index in [2.05, 4.69) is 30.7 Å². The fourth-order valence-electron chi connectivity index (χ4n) is 3.92. The van der Waals surface area contributed by atoms with Gasteiger partial charge in [0.25, 0.3) is 5.91 Å². The van der Waals surface area contributed by atoms with Gasteiger partial charge in [-0.15, -0.1) is 28.2 Å². The summed E-state index contributed by atoms with van der Waals surface area (Å²) < 4.78 is 27.4. The molecular weight excluding hydrogens is 563 g/mol. The van der Waals surface area contributed by atoms with Crippen LogP contribution in [0.4, 0.5) is 0 Å². The van der Waals surface area contributed by atoms with Gasteiger partial charge in [-0.05, 0) is 40.3 Å². The first-order chi connectivity index (χ1) is 17.7. The third-order valence-electron chi connectivity index (χ3n) is 5.62. The summed E-state index contributed by atoms with van der Waals surface area (Å²) in [6.45, 7) is 2.15. The number of thiophene rings is 1. The molecule has 2 aliphatic heterocycles. The molecule has 0 aliphatic carbocycles. The zero-order valence-corrected chi connectivity index (χ0v) is 22.9. The Balaban J connectivity index is 1.54. The number of hydrogen-bond donors (Lipinski definition) is 4. The van der Waals surface area contributed by atoms with E-state index in [1.54, 1.807) is 0 Å². The zero-order valence-electron chi connectivity index (χ0n) is 19.6. The summed E-state index contributed by atoms with van der Waals surface area (Å²) in [5, 5.41) is 27.2. The summed E-state index contributed by atoms with van der Waals surface area (Å²) in [6, 6.07) is 2.82. The Labute approximate surface area is 225 Å². The highest BCUT2D eigenvalue weighted by atomic mass is 32.2. The number of fused-ring (bicyclic) bond motifs is 1. The van der Waals surface area contributed by atoms with Gasteiger partial charge in [-0.25, -0.2) is 23.0 Å². The zero-order chi connectivity index (χ0) is 26.6. The van der Waals surface area contributed by atoms with Crippen molar-refractivity contribution in [3.63, 3.8) is 0 Å². The number of tetrazole rings is 1. The number of H-pyrrole nitrogens is 1. The van der Waals surface area contributed by atoms with E-state index in [0.717, 1.165) is 16.6 Å². The summed E-state index contributed by atoms with van der Waals surface area (Å²) >= 11 is 3.86. The number of sulfonamides is 1. The molecule has 0 aromatic carbocycles. The molecule has 17 heteroatoms. The van der Waals surface area contributed by atoms with Gasteiger partial charge < -0.3 is 10.4 Å². The van der Waals surface area contributed by atoms with Crippen LogP contribution in [0.15, 0.2) is 33.9 Å². The van der Waals surface area contributed by atoms with E-state index in [-0.39, 0.29) is 36.0 Å². The second-order valence-electron chi connectivity index (χ2n) is 8.20. The second-order valence-corrected chi connectivity index (χ2v) is 13.5. The molecular formula is C20H25N7O6S4. The molecule has 4 heterocycles. The Morgan fingerprint density at radius 3 is 2.86 bits per heavy atom. The molecule has 0 saturated carbocycles. The number of amides is 2. The van der Waals surface area contributed by atoms with Gasteiger partial charge in [0.2, 0.25) is 21.1 Å². The van der Waals surface area contributed by atoms with E-state index in [1.807, 2.05) is 24.4 Å². The molecule has 2 unspecified atom stereocenters. The smallest absolute Gasteiger partial charge is 0.352 e. The molecule has 2 aliphatic rings. The average molecular weight is 588 g/mol. The molecule has 13 nitrogen and oxygen atoms in total. The molecule has 2 aromatic heterocycles. The van der Waals surface area contributed by atoms with E-state index in [9.17, 15) is 27.9 Å². The predicted octanol–water partition coefficient (Wildman–Crippen LogP) is 0.423. The molecule has 4 rings (SSSR count). The number of thioether (sulfide) groups is 2. The number of carbonyl (C=O) groups is 3. The molecule has 2 aromatic rings. The average Bonchev–Trinajstić information content (AvgIpc) is 3.57. The van der Waals surface area contributed by atoms with E-state index >= 15 is 0 Å². The van der Waals surface area contributed by atoms with Crippen molar-refractivity contribution in [1.29, 1.82) is 0 Å². The van der Waals surface area contributed by atoms with Crippen LogP contribution in [0.2, 0.25) is 0 Å². The normalized spacial score (nSPS) is 20.4. The van der Waals surface area contributed by atoms with Crippen LogP contribution in [0.5, 0.6) is 0 Å². The summed E-state index contributed by atoms with van der Waals surface area (Å²) in [5.41, 5.74) is 0.207. The van der Waals surface area contributed by atoms with Gasteiger partial charge in [0.05, 0.1) is 12.2 Å². The molecule has 0 radical (unpaired) electrons. The maximum absolute atomic E-state index is 13.0. The van der Waals surface area contributed by atoms with Crippen LogP contribution in [-0.4, -0.2) is 91.5 Å². The fourth-order valence-corrected chi connectivity index (χ4v) is 8.52. The maximum Gasteiger partial charge on any atom is 0.352 e. The van der Waals surface area contributed by atoms with Crippen molar-refractivity contribution < 1.29 is 27.9 Å². The van der Waals surface area contributed by atoms with Gasteiger partial charge in [0.1, 0.15) is 17.1 Å². The molecule has 3 atom stereocenters. The van der Waals surface area contributed by atoms with Crippen LogP contribution in [0.1, 0.15) is 24.6 Å². The number of nitrogens with zero attached hydrogens (tertiary/aromatic N) is 4. The van der Waals surface area contributed by atoms with Gasteiger partial charge in [0, 0.05) is 22.4 Å². The quantitative estimate of drug-likeness (QED) is 0.188. The third-order valence-corrected chi connectivity index (χ3v) is 10.4. The fraction of sp³-hybridized carbons (Fsp3) is 0.500. The first-order valence-electron chi connectivity index (χ1n) is 11.3. The summed E-state index contributed by atoms with van der Waals surface area (Å²) in [7, 11) is -3.59. The van der Waals surface area contributed by atoms with Gasteiger partial charge in [-0.1, -0.05) is 24.8 Å². The lowest BCUT2D eigenvalue weighted by molar-refractivity contribution is -0.150. The van der Waals surface area contributed by atoms with Gasteiger partial charge in [-0.3, -0.25) is 14.5 Å². The Morgan fingerprint density at radius 2 is 2.22 bits per heavy atom. The lowest BCUT2D eigenvalue weighted by atomic mass is 10.0. The first-order valence-corrected chi connectivity index (χ1v) is 15.8. The van der Waals surface area contributed by atoms with E-state index in [0.29, 0.717) is 23.7 Å². The van der Waals surface area contributed by atoms with Gasteiger partial charge in [-0.2, -0.15) is 0 Å². The number of nitrogens with one attached hydrogen (secondary N) is 3. The monoisotopic (exact) mass is 587 g/mol. The van der Waals surface area contributed by atoms with Crippen LogP contribution < -0.4 is 10.0 Å². The van der Waals surface area contributed by atoms with Crippen molar-refractivity contribution >= 4 is 62.7 Å². The third kappa shape index (κ3) is 6.51. The first kappa shape index (κ1) is 27.6. The molecule has 37 heavy (non-hydrogen) atoms. The summed E-state index contributed by atoms with van der Waals surface area (Å²) in [6.07, 6.45) is 0.844. The number of aromatic amines is 1. The number of carboxylic acids is 1. The maximum atomic E-state index is 13.0. The minimum Gasteiger partial charge on any atom is -0.477 e. The Hall–Kier alpha value is -2.47. The standard InChI is InChI=1S/C20H25N7O6S4/c1-2-6-21-37(32,33)8-5-13(36-20-23-25-26-24-20)12-10-35-18-15(17(29)27(18)16(12)19(30)31)22-14(28)9-11-4-3-7-34-11/h3-4,7,13,15,18,21H,2,5-6,8-10H2,1H3,(H,22,28)(H,30,31)(H,23,24,25,26)/t13?,15?,18-/m0/s1. The second kappa shape index (κ2) is 11.9. The highest BCUT2D eigenvalue weighted by Gasteiger charge is 2.54. The lowest BCUT2D eigenvalue weighted by Gasteiger charge is -2.50. The molecule has 0 bridgehead atoms. The van der Waals surface area contributed by atoms with E-state index < -0.39 is 38.6 Å². The topological polar surface area (TPSA) is 187 Å². The minimum atomic E-state index is -3.59. The number of carboxylic acid groups (broad SMARTS) is 1. The van der Waals surface area contributed by atoms with Gasteiger partial charge >= 0.3 is 5.97 Å². The van der Waals surface area contributed by atoms with Crippen LogP contribution in [0.25, 0.3) is 0 Å². The molecule has 1 saturated heterocycles. The van der Waals surface area contributed by atoms with Gasteiger partial charge in [0.15, 0.2) is 0 Å². The van der Waals surface area contributed by atoms with Crippen molar-refractivity contribution in [1.82, 2.24) is 35.6 Å². The van der Waals surface area contributed by atoms with Crippen LogP contribution in [0.3, 0.4) is 0 Å². The van der Waals surface area contributed by atoms with Crippen molar-refractivity contribution in [3.8, 4) is 0 Å². The number of hydrogen-bond acceptors (Lipinski definition) is 11. The highest BCUT2D eigenvalue weighted by molar-refractivity contribution is 8.01. The number of carbonyl (C=O) groups excluding carboxylic acids is 2. The summed E-state index contributed by atoms with van der Waals surface area (Å²) in [5.74, 6) is -2.15. The lowest BCUT2D eigenvalue weighted by Crippen LogP contribution is -2.70. The minimum absolute atomic E-state index is 0.0742. The van der Waals surface area contributed by atoms with E-state index in [4.69, 9.17) is 0 Å².